The number of nitrogens with two attached hydrogens (primary N) is 1. The van der Waals surface area contributed by atoms with E-state index in [0.717, 1.165) is 5.56 Å². The summed E-state index contributed by atoms with van der Waals surface area (Å²) in [6.07, 6.45) is 4.96. The molecular formula is C13H16N8O. The highest BCUT2D eigenvalue weighted by Crippen LogP contribution is 2.17. The summed E-state index contributed by atoms with van der Waals surface area (Å²) in [6, 6.07) is 0.252. The van der Waals surface area contributed by atoms with E-state index >= 15 is 0 Å². The van der Waals surface area contributed by atoms with E-state index in [1.165, 1.54) is 7.11 Å². The van der Waals surface area contributed by atoms with Gasteiger partial charge in [0, 0.05) is 24.5 Å². The first-order chi connectivity index (χ1) is 10.7. The molecule has 3 rings (SSSR count). The van der Waals surface area contributed by atoms with Crippen LogP contribution in [0.1, 0.15) is 24.4 Å². The lowest BCUT2D eigenvalue weighted by molar-refractivity contribution is 0.379. The van der Waals surface area contributed by atoms with Crippen LogP contribution in [0.4, 0.5) is 5.82 Å². The van der Waals surface area contributed by atoms with Gasteiger partial charge in [0.15, 0.2) is 11.5 Å². The van der Waals surface area contributed by atoms with Gasteiger partial charge < -0.3 is 20.8 Å². The zero-order valence-electron chi connectivity index (χ0n) is 12.2. The van der Waals surface area contributed by atoms with Gasteiger partial charge in [0.05, 0.1) is 19.5 Å². The summed E-state index contributed by atoms with van der Waals surface area (Å²) in [5, 5.41) is 3.30. The van der Waals surface area contributed by atoms with Crippen molar-refractivity contribution in [2.24, 2.45) is 0 Å². The van der Waals surface area contributed by atoms with Crippen molar-refractivity contribution in [1.29, 1.82) is 0 Å². The third-order valence-electron chi connectivity index (χ3n) is 3.19. The first-order valence-corrected chi connectivity index (χ1v) is 6.72. The van der Waals surface area contributed by atoms with Gasteiger partial charge in [-0.3, -0.25) is 0 Å². The predicted molar refractivity (Wildman–Crippen MR) is 79.9 cm³/mol. The number of rotatable bonds is 5. The highest BCUT2D eigenvalue weighted by Gasteiger charge is 2.13. The number of imidazole rings is 1. The van der Waals surface area contributed by atoms with E-state index in [2.05, 4.69) is 35.2 Å². The van der Waals surface area contributed by atoms with Crippen LogP contribution in [-0.4, -0.2) is 37.0 Å². The Morgan fingerprint density at radius 3 is 2.77 bits per heavy atom. The molecule has 0 saturated carbocycles. The van der Waals surface area contributed by atoms with Gasteiger partial charge >= 0.3 is 6.01 Å². The monoisotopic (exact) mass is 300 g/mol. The van der Waals surface area contributed by atoms with E-state index in [1.54, 1.807) is 18.7 Å². The Balaban J connectivity index is 1.70. The summed E-state index contributed by atoms with van der Waals surface area (Å²) in [6.45, 7) is 2.53. The molecule has 3 heterocycles. The Labute approximate surface area is 126 Å². The van der Waals surface area contributed by atoms with Crippen LogP contribution in [0.25, 0.3) is 11.2 Å². The smallest absolute Gasteiger partial charge is 0.316 e. The highest BCUT2D eigenvalue weighted by atomic mass is 16.5. The molecule has 0 aliphatic carbocycles. The maximum atomic E-state index is 5.89. The lowest BCUT2D eigenvalue weighted by Crippen LogP contribution is -2.21. The number of ether oxygens (including phenoxy) is 1. The molecule has 0 aliphatic heterocycles. The predicted octanol–water partition coefficient (Wildman–Crippen LogP) is 0.584. The molecule has 0 spiro atoms. The number of hydrogen-bond acceptors (Lipinski definition) is 8. The van der Waals surface area contributed by atoms with Crippen LogP contribution >= 0.6 is 0 Å². The van der Waals surface area contributed by atoms with Crippen molar-refractivity contribution in [2.75, 3.05) is 12.8 Å². The summed E-state index contributed by atoms with van der Waals surface area (Å²) >= 11 is 0. The van der Waals surface area contributed by atoms with Crippen LogP contribution in [0.15, 0.2) is 18.7 Å². The molecule has 9 nitrogen and oxygen atoms in total. The van der Waals surface area contributed by atoms with Crippen LogP contribution in [0.2, 0.25) is 0 Å². The van der Waals surface area contributed by atoms with Gasteiger partial charge in [-0.05, 0) is 6.92 Å². The summed E-state index contributed by atoms with van der Waals surface area (Å²) in [5.41, 5.74) is 8.04. The Morgan fingerprint density at radius 1 is 1.27 bits per heavy atom. The maximum Gasteiger partial charge on any atom is 0.316 e. The lowest BCUT2D eigenvalue weighted by Gasteiger charge is -2.12. The van der Waals surface area contributed by atoms with E-state index in [4.69, 9.17) is 10.5 Å². The van der Waals surface area contributed by atoms with Crippen molar-refractivity contribution < 1.29 is 4.74 Å². The molecule has 3 aromatic heterocycles. The average molecular weight is 300 g/mol. The van der Waals surface area contributed by atoms with Crippen LogP contribution in [0, 0.1) is 0 Å². The minimum absolute atomic E-state index is 0.0921. The van der Waals surface area contributed by atoms with Gasteiger partial charge in [-0.2, -0.15) is 0 Å². The number of nitrogens with one attached hydrogen (secondary N) is 2. The molecule has 0 aromatic carbocycles. The standard InChI is InChI=1S/C13H16N8O/c1-7(15-3-8-4-16-13(22-2)17-5-8)11-20-10(14)9-12(21-11)19-6-18-9/h4-7,15H,3H2,1-2H3,(H3,14,18,19,20,21). The van der Waals surface area contributed by atoms with Gasteiger partial charge in [-0.15, -0.1) is 0 Å². The Bertz CT molecular complexity index is 769. The number of anilines is 1. The highest BCUT2D eigenvalue weighted by molar-refractivity contribution is 5.80. The molecule has 9 heteroatoms. The third kappa shape index (κ3) is 2.79. The molecule has 0 aliphatic rings. The lowest BCUT2D eigenvalue weighted by atomic mass is 10.2. The zero-order chi connectivity index (χ0) is 15.5. The largest absolute Gasteiger partial charge is 0.467 e. The minimum Gasteiger partial charge on any atom is -0.467 e. The second-order valence-corrected chi connectivity index (χ2v) is 4.75. The minimum atomic E-state index is -0.0921. The van der Waals surface area contributed by atoms with Gasteiger partial charge in [-0.25, -0.2) is 24.9 Å². The molecule has 0 amide bonds. The van der Waals surface area contributed by atoms with Crippen LogP contribution in [-0.2, 0) is 6.54 Å². The molecule has 114 valence electrons. The Kier molecular flexibility index (Phi) is 3.79. The average Bonchev–Trinajstić information content (AvgIpc) is 3.02. The van der Waals surface area contributed by atoms with E-state index in [0.29, 0.717) is 35.4 Å². The topological polar surface area (TPSA) is 128 Å². The van der Waals surface area contributed by atoms with Crippen molar-refractivity contribution in [3.8, 4) is 6.01 Å². The summed E-state index contributed by atoms with van der Waals surface area (Å²) in [4.78, 5) is 23.8. The first-order valence-electron chi connectivity index (χ1n) is 6.72. The molecule has 22 heavy (non-hydrogen) atoms. The SMILES string of the molecule is COc1ncc(CNC(C)c2nc(N)c3[nH]cnc3n2)cn1. The zero-order valence-corrected chi connectivity index (χ0v) is 12.2. The number of fused-ring (bicyclic) bond motifs is 1. The van der Waals surface area contributed by atoms with Gasteiger partial charge in [0.25, 0.3) is 0 Å². The third-order valence-corrected chi connectivity index (χ3v) is 3.19. The summed E-state index contributed by atoms with van der Waals surface area (Å²) in [7, 11) is 1.53. The molecule has 4 N–H and O–H groups in total. The number of hydrogen-bond donors (Lipinski definition) is 3. The van der Waals surface area contributed by atoms with Crippen LogP contribution in [0.3, 0.4) is 0 Å². The van der Waals surface area contributed by atoms with Gasteiger partial charge in [0.2, 0.25) is 0 Å². The van der Waals surface area contributed by atoms with Crippen molar-refractivity contribution in [1.82, 2.24) is 35.2 Å². The molecule has 1 unspecified atom stereocenters. The number of nitrogens with zero attached hydrogens (tertiary/aromatic N) is 5. The number of H-pyrrole nitrogens is 1. The molecule has 3 aromatic rings. The molecular weight excluding hydrogens is 284 g/mol. The van der Waals surface area contributed by atoms with Gasteiger partial charge in [-0.1, -0.05) is 0 Å². The maximum absolute atomic E-state index is 5.89. The van der Waals surface area contributed by atoms with Crippen molar-refractivity contribution in [2.45, 2.75) is 19.5 Å². The second-order valence-electron chi connectivity index (χ2n) is 4.75. The molecule has 1 atom stereocenters. The number of aromatic nitrogens is 6. The molecule has 0 saturated heterocycles. The fourth-order valence-electron chi connectivity index (χ4n) is 1.97. The molecule has 0 fully saturated rings. The second kappa shape index (κ2) is 5.90. The van der Waals surface area contributed by atoms with Crippen molar-refractivity contribution >= 4 is 17.0 Å². The molecule has 0 radical (unpaired) electrons. The normalized spacial score (nSPS) is 12.5. The Hall–Kier alpha value is -2.81. The fraction of sp³-hybridized carbons (Fsp3) is 0.308. The first kappa shape index (κ1) is 14.1. The quantitative estimate of drug-likeness (QED) is 0.624. The summed E-state index contributed by atoms with van der Waals surface area (Å²) in [5.74, 6) is 0.977. The van der Waals surface area contributed by atoms with Crippen LogP contribution in [0.5, 0.6) is 6.01 Å². The van der Waals surface area contributed by atoms with E-state index in [9.17, 15) is 0 Å². The fourth-order valence-corrected chi connectivity index (χ4v) is 1.97. The Morgan fingerprint density at radius 2 is 2.05 bits per heavy atom. The number of methoxy groups -OCH3 is 1. The number of nitrogen functional groups attached to an aromatic ring is 1. The van der Waals surface area contributed by atoms with E-state index < -0.39 is 0 Å². The van der Waals surface area contributed by atoms with Crippen molar-refractivity contribution in [3.05, 3.63) is 30.1 Å². The molecule has 0 bridgehead atoms. The van der Waals surface area contributed by atoms with Gasteiger partial charge in [0.1, 0.15) is 11.3 Å². The van der Waals surface area contributed by atoms with Crippen molar-refractivity contribution in [3.63, 3.8) is 0 Å². The van der Waals surface area contributed by atoms with E-state index in [1.807, 2.05) is 6.92 Å². The number of aromatic amines is 1. The van der Waals surface area contributed by atoms with Crippen LogP contribution < -0.4 is 15.8 Å². The van der Waals surface area contributed by atoms with E-state index in [-0.39, 0.29) is 6.04 Å². The summed E-state index contributed by atoms with van der Waals surface area (Å²) < 4.78 is 4.92.